The number of nitrogens with zero attached hydrogens (tertiary/aromatic N) is 3. The first-order valence-electron chi connectivity index (χ1n) is 9.19. The van der Waals surface area contributed by atoms with Crippen molar-refractivity contribution in [2.24, 2.45) is 10.7 Å². The van der Waals surface area contributed by atoms with Gasteiger partial charge in [0.05, 0.1) is 5.52 Å². The van der Waals surface area contributed by atoms with E-state index in [1.54, 1.807) is 31.6 Å². The van der Waals surface area contributed by atoms with Crippen LogP contribution in [0.3, 0.4) is 0 Å². The molecule has 0 aliphatic carbocycles. The SMILES string of the molecule is CN=CC(=CN)c1cc(F)cc(CNC(=O)c2nccc3[nH]c(C(C)C)nc23)c1. The van der Waals surface area contributed by atoms with E-state index in [4.69, 9.17) is 5.73 Å². The number of aromatic nitrogens is 3. The fourth-order valence-corrected chi connectivity index (χ4v) is 2.93. The number of aliphatic imine (C=N–C) groups is 1. The van der Waals surface area contributed by atoms with Gasteiger partial charge in [-0.25, -0.2) is 14.4 Å². The molecule has 0 radical (unpaired) electrons. The van der Waals surface area contributed by atoms with E-state index in [-0.39, 0.29) is 24.1 Å². The Labute approximate surface area is 168 Å². The van der Waals surface area contributed by atoms with Crippen LogP contribution in [0.4, 0.5) is 4.39 Å². The van der Waals surface area contributed by atoms with Crippen molar-refractivity contribution in [3.63, 3.8) is 0 Å². The van der Waals surface area contributed by atoms with Crippen LogP contribution in [0.5, 0.6) is 0 Å². The van der Waals surface area contributed by atoms with Crippen molar-refractivity contribution < 1.29 is 9.18 Å². The number of nitrogens with one attached hydrogen (secondary N) is 2. The third-order valence-corrected chi connectivity index (χ3v) is 4.37. The van der Waals surface area contributed by atoms with Crippen molar-refractivity contribution in [2.45, 2.75) is 26.3 Å². The van der Waals surface area contributed by atoms with Crippen LogP contribution < -0.4 is 11.1 Å². The van der Waals surface area contributed by atoms with E-state index < -0.39 is 5.82 Å². The fraction of sp³-hybridized carbons (Fsp3) is 0.238. The molecule has 0 unspecified atom stereocenters. The van der Waals surface area contributed by atoms with E-state index in [2.05, 4.69) is 25.3 Å². The molecule has 0 saturated carbocycles. The minimum absolute atomic E-state index is 0.129. The van der Waals surface area contributed by atoms with Crippen LogP contribution in [0.1, 0.15) is 47.2 Å². The molecule has 0 spiro atoms. The van der Waals surface area contributed by atoms with Gasteiger partial charge in [0.1, 0.15) is 17.2 Å². The first kappa shape index (κ1) is 20.2. The number of pyridine rings is 1. The maximum atomic E-state index is 14.0. The number of fused-ring (bicyclic) bond motifs is 1. The summed E-state index contributed by atoms with van der Waals surface area (Å²) < 4.78 is 14.0. The molecule has 0 saturated heterocycles. The molecular weight excluding hydrogens is 371 g/mol. The lowest BCUT2D eigenvalue weighted by Crippen LogP contribution is -2.24. The number of hydrogen-bond donors (Lipinski definition) is 3. The summed E-state index contributed by atoms with van der Waals surface area (Å²) >= 11 is 0. The molecule has 0 bridgehead atoms. The summed E-state index contributed by atoms with van der Waals surface area (Å²) in [5.74, 6) is 0.175. The Hall–Kier alpha value is -3.55. The molecule has 0 fully saturated rings. The summed E-state index contributed by atoms with van der Waals surface area (Å²) in [5.41, 5.74) is 8.85. The van der Waals surface area contributed by atoms with Crippen LogP contribution in [0.2, 0.25) is 0 Å². The Morgan fingerprint density at radius 2 is 2.17 bits per heavy atom. The maximum Gasteiger partial charge on any atom is 0.272 e. The number of carbonyl (C=O) groups excluding carboxylic acids is 1. The predicted molar refractivity (Wildman–Crippen MR) is 112 cm³/mol. The van der Waals surface area contributed by atoms with E-state index in [1.807, 2.05) is 13.8 Å². The Kier molecular flexibility index (Phi) is 6.01. The average molecular weight is 394 g/mol. The predicted octanol–water partition coefficient (Wildman–Crippen LogP) is 3.15. The Balaban J connectivity index is 1.83. The van der Waals surface area contributed by atoms with Crippen LogP contribution >= 0.6 is 0 Å². The molecule has 1 amide bonds. The molecule has 2 aromatic heterocycles. The largest absolute Gasteiger partial charge is 0.404 e. The standard InChI is InChI=1S/C21H23FN6O/c1-12(2)20-27-17-4-5-25-19(18(17)28-20)21(29)26-10-13-6-14(8-16(22)7-13)15(9-23)11-24-3/h4-9,11-12H,10,23H2,1-3H3,(H,26,29)(H,27,28). The number of hydrogen-bond acceptors (Lipinski definition) is 5. The van der Waals surface area contributed by atoms with Crippen LogP contribution in [0.15, 0.2) is 41.7 Å². The molecule has 1 aromatic carbocycles. The molecule has 3 rings (SSSR count). The van der Waals surface area contributed by atoms with E-state index in [0.717, 1.165) is 11.3 Å². The zero-order valence-corrected chi connectivity index (χ0v) is 16.5. The Bertz CT molecular complexity index is 1100. The number of carbonyl (C=O) groups is 1. The highest BCUT2D eigenvalue weighted by molar-refractivity contribution is 6.09. The van der Waals surface area contributed by atoms with Gasteiger partial charge in [-0.1, -0.05) is 13.8 Å². The second-order valence-corrected chi connectivity index (χ2v) is 6.87. The monoisotopic (exact) mass is 394 g/mol. The third kappa shape index (κ3) is 4.48. The van der Waals surface area contributed by atoms with E-state index in [1.165, 1.54) is 18.3 Å². The number of halogens is 1. The van der Waals surface area contributed by atoms with Gasteiger partial charge < -0.3 is 16.0 Å². The number of allylic oxidation sites excluding steroid dienone is 1. The second kappa shape index (κ2) is 8.64. The van der Waals surface area contributed by atoms with Gasteiger partial charge in [0.15, 0.2) is 5.69 Å². The molecule has 3 aromatic rings. The van der Waals surface area contributed by atoms with Crippen LogP contribution in [-0.2, 0) is 6.54 Å². The lowest BCUT2D eigenvalue weighted by atomic mass is 10.0. The van der Waals surface area contributed by atoms with Crippen molar-refractivity contribution >= 4 is 28.7 Å². The minimum Gasteiger partial charge on any atom is -0.404 e. The fourth-order valence-electron chi connectivity index (χ4n) is 2.93. The van der Waals surface area contributed by atoms with E-state index >= 15 is 0 Å². The Morgan fingerprint density at radius 1 is 1.38 bits per heavy atom. The van der Waals surface area contributed by atoms with Gasteiger partial charge in [0.25, 0.3) is 5.91 Å². The summed E-state index contributed by atoms with van der Waals surface area (Å²) in [6, 6.07) is 6.26. The summed E-state index contributed by atoms with van der Waals surface area (Å²) in [7, 11) is 1.61. The lowest BCUT2D eigenvalue weighted by Gasteiger charge is -2.08. The average Bonchev–Trinajstić information content (AvgIpc) is 3.14. The molecular formula is C21H23FN6O. The van der Waals surface area contributed by atoms with Crippen LogP contribution in [0, 0.1) is 5.82 Å². The molecule has 4 N–H and O–H groups in total. The second-order valence-electron chi connectivity index (χ2n) is 6.87. The van der Waals surface area contributed by atoms with Crippen LogP contribution in [0.25, 0.3) is 16.6 Å². The number of aromatic amines is 1. The van der Waals surface area contributed by atoms with Crippen molar-refractivity contribution in [3.8, 4) is 0 Å². The number of nitrogens with two attached hydrogens (primary N) is 1. The van der Waals surface area contributed by atoms with Gasteiger partial charge in [-0.05, 0) is 35.4 Å². The smallest absolute Gasteiger partial charge is 0.272 e. The number of amides is 1. The molecule has 150 valence electrons. The zero-order chi connectivity index (χ0) is 21.0. The zero-order valence-electron chi connectivity index (χ0n) is 16.5. The highest BCUT2D eigenvalue weighted by atomic mass is 19.1. The molecule has 7 nitrogen and oxygen atoms in total. The van der Waals surface area contributed by atoms with E-state index in [0.29, 0.717) is 22.2 Å². The van der Waals surface area contributed by atoms with Crippen molar-refractivity contribution in [1.29, 1.82) is 0 Å². The highest BCUT2D eigenvalue weighted by Crippen LogP contribution is 2.20. The van der Waals surface area contributed by atoms with Crippen molar-refractivity contribution in [2.75, 3.05) is 7.05 Å². The summed E-state index contributed by atoms with van der Waals surface area (Å²) in [6.07, 6.45) is 4.46. The molecule has 0 atom stereocenters. The molecule has 2 heterocycles. The number of rotatable bonds is 6. The summed E-state index contributed by atoms with van der Waals surface area (Å²) in [6.45, 7) is 4.16. The lowest BCUT2D eigenvalue weighted by molar-refractivity contribution is 0.0947. The van der Waals surface area contributed by atoms with Gasteiger partial charge in [-0.15, -0.1) is 0 Å². The first-order valence-corrected chi connectivity index (χ1v) is 9.19. The number of imidazole rings is 1. The maximum absolute atomic E-state index is 14.0. The molecule has 8 heteroatoms. The normalized spacial score (nSPS) is 12.2. The van der Waals surface area contributed by atoms with Gasteiger partial charge in [-0.2, -0.15) is 0 Å². The number of benzene rings is 1. The van der Waals surface area contributed by atoms with Crippen molar-refractivity contribution in [3.05, 3.63) is 65.1 Å². The minimum atomic E-state index is -0.426. The van der Waals surface area contributed by atoms with Crippen LogP contribution in [-0.4, -0.2) is 34.1 Å². The van der Waals surface area contributed by atoms with Gasteiger partial charge in [0, 0.05) is 43.7 Å². The van der Waals surface area contributed by atoms with Gasteiger partial charge in [-0.3, -0.25) is 9.79 Å². The summed E-state index contributed by atoms with van der Waals surface area (Å²) in [4.78, 5) is 28.5. The highest BCUT2D eigenvalue weighted by Gasteiger charge is 2.16. The Morgan fingerprint density at radius 3 is 2.86 bits per heavy atom. The van der Waals surface area contributed by atoms with E-state index in [9.17, 15) is 9.18 Å². The molecule has 0 aliphatic rings. The third-order valence-electron chi connectivity index (χ3n) is 4.37. The molecule has 0 aliphatic heterocycles. The molecule has 29 heavy (non-hydrogen) atoms. The van der Waals surface area contributed by atoms with Gasteiger partial charge in [0.2, 0.25) is 0 Å². The van der Waals surface area contributed by atoms with Gasteiger partial charge >= 0.3 is 0 Å². The quantitative estimate of drug-likeness (QED) is 0.558. The van der Waals surface area contributed by atoms with Crippen molar-refractivity contribution in [1.82, 2.24) is 20.3 Å². The number of H-pyrrole nitrogens is 1. The topological polar surface area (TPSA) is 109 Å². The first-order chi connectivity index (χ1) is 13.9. The summed E-state index contributed by atoms with van der Waals surface area (Å²) in [5, 5.41) is 2.78.